The third-order valence-electron chi connectivity index (χ3n) is 4.91. The van der Waals surface area contributed by atoms with Gasteiger partial charge in [0.15, 0.2) is 5.13 Å². The number of anilines is 2. The van der Waals surface area contributed by atoms with Gasteiger partial charge in [0.25, 0.3) is 5.91 Å². The van der Waals surface area contributed by atoms with E-state index in [0.717, 1.165) is 28.3 Å². The maximum atomic E-state index is 12.6. The molecule has 0 unspecified atom stereocenters. The first-order chi connectivity index (χ1) is 15.9. The first-order valence-electron chi connectivity index (χ1n) is 10.2. The quantitative estimate of drug-likeness (QED) is 0.391. The van der Waals surface area contributed by atoms with Crippen LogP contribution >= 0.6 is 11.3 Å². The lowest BCUT2D eigenvalue weighted by molar-refractivity contribution is -0.114. The number of benzene rings is 2. The normalized spacial score (nSPS) is 10.6. The summed E-state index contributed by atoms with van der Waals surface area (Å²) in [5, 5.41) is 11.8. The molecule has 0 bridgehead atoms. The Labute approximate surface area is 194 Å². The van der Waals surface area contributed by atoms with Crippen molar-refractivity contribution in [1.82, 2.24) is 10.1 Å². The molecule has 2 N–H and O–H groups in total. The number of hydrogen-bond acceptors (Lipinski definition) is 7. The van der Waals surface area contributed by atoms with Crippen molar-refractivity contribution >= 4 is 34.0 Å². The van der Waals surface area contributed by atoms with Crippen LogP contribution in [0.3, 0.4) is 0 Å². The topological polar surface area (TPSA) is 106 Å². The van der Waals surface area contributed by atoms with Crippen molar-refractivity contribution < 1.29 is 18.8 Å². The highest BCUT2D eigenvalue weighted by molar-refractivity contribution is 7.14. The first kappa shape index (κ1) is 22.2. The maximum Gasteiger partial charge on any atom is 0.257 e. The molecule has 2 aromatic carbocycles. The van der Waals surface area contributed by atoms with Crippen LogP contribution in [0, 0.1) is 13.8 Å². The smallest absolute Gasteiger partial charge is 0.257 e. The molecule has 4 aromatic rings. The van der Waals surface area contributed by atoms with Gasteiger partial charge in [-0.25, -0.2) is 4.98 Å². The van der Waals surface area contributed by atoms with E-state index in [0.29, 0.717) is 28.7 Å². The second-order valence-corrected chi connectivity index (χ2v) is 8.22. The average Bonchev–Trinajstić information content (AvgIpc) is 3.39. The van der Waals surface area contributed by atoms with Crippen LogP contribution in [0.15, 0.2) is 58.4 Å². The Morgan fingerprint density at radius 3 is 2.39 bits per heavy atom. The number of ether oxygens (including phenoxy) is 1. The van der Waals surface area contributed by atoms with Gasteiger partial charge in [0, 0.05) is 29.1 Å². The van der Waals surface area contributed by atoms with E-state index in [1.165, 1.54) is 18.3 Å². The Morgan fingerprint density at radius 2 is 1.76 bits per heavy atom. The summed E-state index contributed by atoms with van der Waals surface area (Å²) in [6.45, 7) is 5.52. The van der Waals surface area contributed by atoms with Gasteiger partial charge in [0.05, 0.1) is 17.0 Å². The summed E-state index contributed by atoms with van der Waals surface area (Å²) in [6.07, 6.45) is 0. The number of carbonyl (C=O) groups excluding carboxylic acids is 2. The van der Waals surface area contributed by atoms with Gasteiger partial charge in [-0.2, -0.15) is 0 Å². The molecule has 2 heterocycles. The lowest BCUT2D eigenvalue weighted by Crippen LogP contribution is -2.11. The fourth-order valence-electron chi connectivity index (χ4n) is 3.13. The van der Waals surface area contributed by atoms with Gasteiger partial charge in [0.1, 0.15) is 18.1 Å². The molecule has 0 saturated heterocycles. The fourth-order valence-corrected chi connectivity index (χ4v) is 3.84. The van der Waals surface area contributed by atoms with E-state index >= 15 is 0 Å². The van der Waals surface area contributed by atoms with Crippen molar-refractivity contribution in [2.75, 3.05) is 10.6 Å². The van der Waals surface area contributed by atoms with E-state index < -0.39 is 0 Å². The van der Waals surface area contributed by atoms with Crippen LogP contribution in [0.1, 0.15) is 34.3 Å². The molecule has 0 fully saturated rings. The molecular weight excluding hydrogens is 440 g/mol. The zero-order valence-electron chi connectivity index (χ0n) is 18.3. The molecule has 2 aromatic heterocycles. The maximum absolute atomic E-state index is 12.6. The Kier molecular flexibility index (Phi) is 6.50. The lowest BCUT2D eigenvalue weighted by atomic mass is 10.1. The third kappa shape index (κ3) is 5.45. The van der Waals surface area contributed by atoms with E-state index in [-0.39, 0.29) is 11.8 Å². The van der Waals surface area contributed by atoms with Gasteiger partial charge in [-0.05, 0) is 50.2 Å². The van der Waals surface area contributed by atoms with Gasteiger partial charge in [-0.3, -0.25) is 14.9 Å². The molecule has 0 saturated carbocycles. The molecule has 0 atom stereocenters. The zero-order valence-corrected chi connectivity index (χ0v) is 19.2. The molecule has 33 heavy (non-hydrogen) atoms. The number of nitrogens with zero attached hydrogens (tertiary/aromatic N) is 2. The highest BCUT2D eigenvalue weighted by Crippen LogP contribution is 2.26. The first-order valence-corrected chi connectivity index (χ1v) is 11.1. The number of carbonyl (C=O) groups is 2. The van der Waals surface area contributed by atoms with Gasteiger partial charge in [0.2, 0.25) is 5.91 Å². The SMILES string of the molecule is CC(=O)Nc1ccc(-c2csc(NC(=O)c3ccc(OCc4c(C)noc4C)cc3)n2)cc1. The minimum absolute atomic E-state index is 0.124. The molecule has 8 nitrogen and oxygen atoms in total. The van der Waals surface area contributed by atoms with Gasteiger partial charge in [-0.1, -0.05) is 17.3 Å². The molecule has 4 rings (SSSR count). The van der Waals surface area contributed by atoms with E-state index in [2.05, 4.69) is 20.8 Å². The number of amides is 2. The molecule has 0 radical (unpaired) electrons. The summed E-state index contributed by atoms with van der Waals surface area (Å²) in [5.41, 5.74) is 4.56. The summed E-state index contributed by atoms with van der Waals surface area (Å²) < 4.78 is 10.9. The van der Waals surface area contributed by atoms with Crippen molar-refractivity contribution in [3.8, 4) is 17.0 Å². The molecular formula is C24H22N4O4S. The van der Waals surface area contributed by atoms with Crippen LogP contribution in [0.2, 0.25) is 0 Å². The van der Waals surface area contributed by atoms with Crippen LogP contribution in [-0.2, 0) is 11.4 Å². The van der Waals surface area contributed by atoms with Crippen LogP contribution in [-0.4, -0.2) is 22.0 Å². The molecule has 9 heteroatoms. The molecule has 168 valence electrons. The standard InChI is InChI=1S/C24H22N4O4S/c1-14-21(15(2)32-28-14)12-31-20-10-6-18(7-11-20)23(30)27-24-26-22(13-33-24)17-4-8-19(9-5-17)25-16(3)29/h4-11,13H,12H2,1-3H3,(H,25,29)(H,26,27,30). The van der Waals surface area contributed by atoms with Gasteiger partial charge >= 0.3 is 0 Å². The van der Waals surface area contributed by atoms with E-state index in [1.807, 2.05) is 43.5 Å². The van der Waals surface area contributed by atoms with Crippen LogP contribution in [0.5, 0.6) is 5.75 Å². The highest BCUT2D eigenvalue weighted by Gasteiger charge is 2.12. The Bertz CT molecular complexity index is 1260. The number of rotatable bonds is 7. The van der Waals surface area contributed by atoms with Crippen molar-refractivity contribution in [1.29, 1.82) is 0 Å². The summed E-state index contributed by atoms with van der Waals surface area (Å²) in [7, 11) is 0. The second-order valence-electron chi connectivity index (χ2n) is 7.37. The predicted molar refractivity (Wildman–Crippen MR) is 127 cm³/mol. The molecule has 0 aliphatic carbocycles. The van der Waals surface area contributed by atoms with Gasteiger partial charge in [-0.15, -0.1) is 11.3 Å². The number of aromatic nitrogens is 2. The summed E-state index contributed by atoms with van der Waals surface area (Å²) in [4.78, 5) is 28.2. The summed E-state index contributed by atoms with van der Waals surface area (Å²) >= 11 is 1.34. The monoisotopic (exact) mass is 462 g/mol. The predicted octanol–water partition coefficient (Wildman–Crippen LogP) is 5.20. The van der Waals surface area contributed by atoms with E-state index in [4.69, 9.17) is 9.26 Å². The summed E-state index contributed by atoms with van der Waals surface area (Å²) in [5.74, 6) is 0.997. The minimum Gasteiger partial charge on any atom is -0.489 e. The Morgan fingerprint density at radius 1 is 1.03 bits per heavy atom. The number of aryl methyl sites for hydroxylation is 2. The van der Waals surface area contributed by atoms with Crippen LogP contribution in [0.25, 0.3) is 11.3 Å². The Balaban J connectivity index is 1.35. The van der Waals surface area contributed by atoms with E-state index in [1.54, 1.807) is 24.3 Å². The van der Waals surface area contributed by atoms with Gasteiger partial charge < -0.3 is 14.6 Å². The molecule has 0 aliphatic heterocycles. The van der Waals surface area contributed by atoms with Crippen LogP contribution in [0.4, 0.5) is 10.8 Å². The number of hydrogen-bond donors (Lipinski definition) is 2. The number of thiazole rings is 1. The largest absolute Gasteiger partial charge is 0.489 e. The Hall–Kier alpha value is -3.98. The minimum atomic E-state index is -0.255. The van der Waals surface area contributed by atoms with Crippen LogP contribution < -0.4 is 15.4 Å². The van der Waals surface area contributed by atoms with Crippen molar-refractivity contribution in [2.45, 2.75) is 27.4 Å². The number of nitrogens with one attached hydrogen (secondary N) is 2. The van der Waals surface area contributed by atoms with Crippen molar-refractivity contribution in [2.24, 2.45) is 0 Å². The van der Waals surface area contributed by atoms with Crippen molar-refractivity contribution in [3.63, 3.8) is 0 Å². The highest BCUT2D eigenvalue weighted by atomic mass is 32.1. The molecule has 2 amide bonds. The molecule has 0 spiro atoms. The third-order valence-corrected chi connectivity index (χ3v) is 5.66. The summed E-state index contributed by atoms with van der Waals surface area (Å²) in [6, 6.07) is 14.3. The lowest BCUT2D eigenvalue weighted by Gasteiger charge is -2.07. The zero-order chi connectivity index (χ0) is 23.4. The fraction of sp³-hybridized carbons (Fsp3) is 0.167. The second kappa shape index (κ2) is 9.66. The van der Waals surface area contributed by atoms with E-state index in [9.17, 15) is 9.59 Å². The van der Waals surface area contributed by atoms with Crippen molar-refractivity contribution in [3.05, 3.63) is 76.5 Å². The average molecular weight is 463 g/mol. The molecule has 0 aliphatic rings.